The van der Waals surface area contributed by atoms with Gasteiger partial charge in [0, 0.05) is 44.0 Å². The van der Waals surface area contributed by atoms with Crippen molar-refractivity contribution in [2.24, 2.45) is 0 Å². The van der Waals surface area contributed by atoms with Gasteiger partial charge in [0.25, 0.3) is 0 Å². The van der Waals surface area contributed by atoms with Gasteiger partial charge in [0.15, 0.2) is 17.5 Å². The Balaban J connectivity index is 1.12. The number of para-hydroxylation sites is 2. The molecule has 0 saturated carbocycles. The highest BCUT2D eigenvalue weighted by molar-refractivity contribution is 6.13. The SMILES string of the molecule is CC1(C)c2ccccc2-c2ccc(-c3nc(-c4ccccc4)nc(-c4cc(-c5ccccc5)cc(-c5cccc6c5oc5c(-c7ccccc7)cccc56)c4)n3)cc21. The molecule has 0 atom stereocenters. The summed E-state index contributed by atoms with van der Waals surface area (Å²) in [5.41, 5.74) is 15.9. The van der Waals surface area contributed by atoms with Gasteiger partial charge in [0.2, 0.25) is 0 Å². The van der Waals surface area contributed by atoms with Gasteiger partial charge in [-0.2, -0.15) is 0 Å². The van der Waals surface area contributed by atoms with Gasteiger partial charge in [-0.1, -0.05) is 178 Å². The number of hydrogen-bond donors (Lipinski definition) is 0. The summed E-state index contributed by atoms with van der Waals surface area (Å²) in [7, 11) is 0. The smallest absolute Gasteiger partial charge is 0.164 e. The molecule has 0 amide bonds. The van der Waals surface area contributed by atoms with E-state index >= 15 is 0 Å². The molecule has 4 nitrogen and oxygen atoms in total. The lowest BCUT2D eigenvalue weighted by Crippen LogP contribution is -2.15. The second kappa shape index (κ2) is 13.4. The lowest BCUT2D eigenvalue weighted by Gasteiger charge is -2.21. The molecule has 0 N–H and O–H groups in total. The van der Waals surface area contributed by atoms with Crippen molar-refractivity contribution in [1.29, 1.82) is 0 Å². The predicted molar refractivity (Wildman–Crippen MR) is 237 cm³/mol. The number of benzene rings is 8. The third-order valence-corrected chi connectivity index (χ3v) is 11.7. The van der Waals surface area contributed by atoms with Gasteiger partial charge in [-0.05, 0) is 68.8 Å². The van der Waals surface area contributed by atoms with E-state index in [2.05, 4.69) is 178 Å². The zero-order valence-corrected chi connectivity index (χ0v) is 32.1. The van der Waals surface area contributed by atoms with Crippen molar-refractivity contribution in [2.45, 2.75) is 19.3 Å². The van der Waals surface area contributed by atoms with Gasteiger partial charge in [0.1, 0.15) is 11.2 Å². The molecule has 274 valence electrons. The average Bonchev–Trinajstić information content (AvgIpc) is 3.79. The van der Waals surface area contributed by atoms with Gasteiger partial charge >= 0.3 is 0 Å². The quantitative estimate of drug-likeness (QED) is 0.170. The lowest BCUT2D eigenvalue weighted by molar-refractivity contribution is 0.660. The maximum Gasteiger partial charge on any atom is 0.164 e. The maximum atomic E-state index is 6.90. The van der Waals surface area contributed by atoms with Crippen LogP contribution in [0.4, 0.5) is 0 Å². The van der Waals surface area contributed by atoms with E-state index in [9.17, 15) is 0 Å². The Bertz CT molecular complexity index is 3180. The highest BCUT2D eigenvalue weighted by atomic mass is 16.3. The van der Waals surface area contributed by atoms with Crippen LogP contribution in [-0.4, -0.2) is 15.0 Å². The van der Waals surface area contributed by atoms with Crippen molar-refractivity contribution in [3.63, 3.8) is 0 Å². The van der Waals surface area contributed by atoms with Crippen molar-refractivity contribution in [3.05, 3.63) is 199 Å². The number of rotatable bonds is 6. The summed E-state index contributed by atoms with van der Waals surface area (Å²) in [6.45, 7) is 4.61. The van der Waals surface area contributed by atoms with E-state index in [1.165, 1.54) is 22.3 Å². The van der Waals surface area contributed by atoms with Crippen molar-refractivity contribution < 1.29 is 4.42 Å². The third-order valence-electron chi connectivity index (χ3n) is 11.7. The van der Waals surface area contributed by atoms with E-state index in [0.717, 1.165) is 72.0 Å². The summed E-state index contributed by atoms with van der Waals surface area (Å²) < 4.78 is 6.90. The standard InChI is InChI=1S/C54H37N3O/c1-54(2)47-27-13-12-22-43(47)44-29-28-37(33-48(44)54)52-55-51(36-20-10-5-11-21-36)56-53(57-52)40-31-38(34-16-6-3-7-17-34)30-39(32-40)42-24-15-26-46-45-25-14-23-41(49(45)58-50(42)46)35-18-8-4-9-19-35/h3-33H,1-2H3. The summed E-state index contributed by atoms with van der Waals surface area (Å²) in [6.07, 6.45) is 0. The average molecular weight is 744 g/mol. The second-order valence-corrected chi connectivity index (χ2v) is 15.6. The Morgan fingerprint density at radius 2 is 0.810 bits per heavy atom. The Morgan fingerprint density at radius 3 is 1.48 bits per heavy atom. The van der Waals surface area contributed by atoms with Crippen LogP contribution >= 0.6 is 0 Å². The van der Waals surface area contributed by atoms with Gasteiger partial charge in [0.05, 0.1) is 0 Å². The molecule has 2 aromatic heterocycles. The van der Waals surface area contributed by atoms with Gasteiger partial charge < -0.3 is 4.42 Å². The molecule has 11 rings (SSSR count). The molecule has 0 radical (unpaired) electrons. The van der Waals surface area contributed by atoms with Crippen LogP contribution in [0.25, 0.3) is 101 Å². The van der Waals surface area contributed by atoms with Crippen LogP contribution in [0, 0.1) is 0 Å². The molecule has 0 unspecified atom stereocenters. The molecule has 0 saturated heterocycles. The predicted octanol–water partition coefficient (Wildman–Crippen LogP) is 14.1. The molecule has 58 heavy (non-hydrogen) atoms. The van der Waals surface area contributed by atoms with Crippen molar-refractivity contribution in [1.82, 2.24) is 15.0 Å². The lowest BCUT2D eigenvalue weighted by atomic mass is 9.82. The van der Waals surface area contributed by atoms with Crippen molar-refractivity contribution in [2.75, 3.05) is 0 Å². The van der Waals surface area contributed by atoms with Gasteiger partial charge in [-0.25, -0.2) is 15.0 Å². The summed E-state index contributed by atoms with van der Waals surface area (Å²) >= 11 is 0. The molecular weight excluding hydrogens is 707 g/mol. The highest BCUT2D eigenvalue weighted by Gasteiger charge is 2.35. The third kappa shape index (κ3) is 5.56. The van der Waals surface area contributed by atoms with Crippen LogP contribution < -0.4 is 0 Å². The summed E-state index contributed by atoms with van der Waals surface area (Å²) in [5, 5.41) is 2.17. The van der Waals surface area contributed by atoms with E-state index in [4.69, 9.17) is 19.4 Å². The van der Waals surface area contributed by atoms with E-state index < -0.39 is 0 Å². The first-order chi connectivity index (χ1) is 28.5. The van der Waals surface area contributed by atoms with Crippen LogP contribution in [0.2, 0.25) is 0 Å². The Labute approximate surface area is 337 Å². The fraction of sp³-hybridized carbons (Fsp3) is 0.0556. The number of fused-ring (bicyclic) bond motifs is 6. The summed E-state index contributed by atoms with van der Waals surface area (Å²) in [5.74, 6) is 1.87. The highest BCUT2D eigenvalue weighted by Crippen LogP contribution is 2.49. The van der Waals surface area contributed by atoms with Crippen LogP contribution in [0.5, 0.6) is 0 Å². The summed E-state index contributed by atoms with van der Waals surface area (Å²) in [6, 6.07) is 66.0. The first kappa shape index (κ1) is 33.9. The largest absolute Gasteiger partial charge is 0.455 e. The van der Waals surface area contributed by atoms with Gasteiger partial charge in [-0.3, -0.25) is 0 Å². The number of nitrogens with zero attached hydrogens (tertiary/aromatic N) is 3. The molecular formula is C54H37N3O. The minimum absolute atomic E-state index is 0.154. The fourth-order valence-corrected chi connectivity index (χ4v) is 8.80. The Kier molecular flexibility index (Phi) is 7.80. The molecule has 8 aromatic carbocycles. The minimum Gasteiger partial charge on any atom is -0.455 e. The van der Waals surface area contributed by atoms with Crippen molar-refractivity contribution >= 4 is 21.9 Å². The molecule has 10 aromatic rings. The topological polar surface area (TPSA) is 51.8 Å². The molecule has 0 spiro atoms. The van der Waals surface area contributed by atoms with Crippen LogP contribution in [0.15, 0.2) is 192 Å². The first-order valence-corrected chi connectivity index (χ1v) is 19.8. The second-order valence-electron chi connectivity index (χ2n) is 15.6. The molecule has 0 bridgehead atoms. The van der Waals surface area contributed by atoms with E-state index in [1.54, 1.807) is 0 Å². The first-order valence-electron chi connectivity index (χ1n) is 19.8. The molecule has 2 heterocycles. The summed E-state index contributed by atoms with van der Waals surface area (Å²) in [4.78, 5) is 15.6. The van der Waals surface area contributed by atoms with E-state index in [-0.39, 0.29) is 5.41 Å². The number of aromatic nitrogens is 3. The zero-order valence-electron chi connectivity index (χ0n) is 32.1. The molecule has 1 aliphatic carbocycles. The van der Waals surface area contributed by atoms with Crippen molar-refractivity contribution in [3.8, 4) is 78.7 Å². The van der Waals surface area contributed by atoms with Crippen LogP contribution in [0.1, 0.15) is 25.0 Å². The Morgan fingerprint density at radius 1 is 0.328 bits per heavy atom. The molecule has 1 aliphatic rings. The van der Waals surface area contributed by atoms with Crippen LogP contribution in [0.3, 0.4) is 0 Å². The Hall–Kier alpha value is -7.43. The maximum absolute atomic E-state index is 6.90. The van der Waals surface area contributed by atoms with Crippen LogP contribution in [-0.2, 0) is 5.41 Å². The number of hydrogen-bond acceptors (Lipinski definition) is 4. The zero-order chi connectivity index (χ0) is 38.8. The van der Waals surface area contributed by atoms with E-state index in [0.29, 0.717) is 17.5 Å². The van der Waals surface area contributed by atoms with Gasteiger partial charge in [-0.15, -0.1) is 0 Å². The normalized spacial score (nSPS) is 12.8. The minimum atomic E-state index is -0.154. The molecule has 0 aliphatic heterocycles. The molecule has 0 fully saturated rings. The number of furan rings is 1. The van der Waals surface area contributed by atoms with E-state index in [1.807, 2.05) is 24.3 Å². The fourth-order valence-electron chi connectivity index (χ4n) is 8.80. The monoisotopic (exact) mass is 743 g/mol. The molecule has 4 heteroatoms.